The first-order valence-electron chi connectivity index (χ1n) is 20.7. The van der Waals surface area contributed by atoms with E-state index < -0.39 is 23.3 Å². The molecule has 0 spiro atoms. The Morgan fingerprint density at radius 3 is 1.26 bits per heavy atom. The standard InChI is InChI=1S/C15H30N2O3.C14H27NO4.C13H25NO4/c1-6-15(2,3)14(20)16-10-8-12-17(4,5)11-7-9-13(18)19;1-6-14(2,3)13(18)19-11-10-15(4,5)9-7-8-12(16)17;1-5-11(2)13(17)18-10-9-14(3,4)8-6-7-12(15)16/h6-12H2,1-5H3,(H-,16,18,19,20);6-11H2,1-5H3;11H,5-10H2,1-4H3. The van der Waals surface area contributed by atoms with Crippen LogP contribution in [0.1, 0.15) is 120 Å². The molecular formula is C42H82N4O11. The highest BCUT2D eigenvalue weighted by molar-refractivity contribution is 5.81. The number of esters is 2. The molecule has 0 radical (unpaired) electrons. The van der Waals surface area contributed by atoms with E-state index in [0.717, 1.165) is 56.3 Å². The maximum absolute atomic E-state index is 11.9. The molecule has 0 rings (SSSR count). The lowest BCUT2D eigenvalue weighted by molar-refractivity contribution is -0.890. The summed E-state index contributed by atoms with van der Waals surface area (Å²) >= 11 is 0. The van der Waals surface area contributed by atoms with E-state index in [1.54, 1.807) is 0 Å². The zero-order valence-corrected chi connectivity index (χ0v) is 38.3. The molecule has 0 aromatic heterocycles. The van der Waals surface area contributed by atoms with E-state index in [9.17, 15) is 44.1 Å². The summed E-state index contributed by atoms with van der Waals surface area (Å²) in [4.78, 5) is 66.1. The van der Waals surface area contributed by atoms with Crippen LogP contribution in [-0.4, -0.2) is 151 Å². The van der Waals surface area contributed by atoms with E-state index in [4.69, 9.17) is 9.47 Å². The molecule has 1 amide bonds. The molecule has 15 heteroatoms. The van der Waals surface area contributed by atoms with Crippen molar-refractivity contribution in [3.63, 3.8) is 0 Å². The first-order chi connectivity index (χ1) is 26.0. The Morgan fingerprint density at radius 1 is 0.561 bits per heavy atom. The van der Waals surface area contributed by atoms with Gasteiger partial charge in [0.05, 0.1) is 79.8 Å². The zero-order valence-electron chi connectivity index (χ0n) is 38.3. The molecule has 1 atom stereocenters. The average Bonchev–Trinajstić information content (AvgIpc) is 3.09. The SMILES string of the molecule is CCC(C)(C)C(=O)NCCC[N+](C)(C)CCCC(=O)[O-].CCC(C)(C)C(=O)OCC[N+](C)(C)CCCC(=O)[O-].CCC(C)C(=O)OCC[N+](C)(C)CCCC(=O)[O-]. The summed E-state index contributed by atoms with van der Waals surface area (Å²) in [6.07, 6.45) is 5.29. The van der Waals surface area contributed by atoms with Crippen molar-refractivity contribution in [2.75, 3.05) is 101 Å². The minimum absolute atomic E-state index is 0.0568. The van der Waals surface area contributed by atoms with E-state index in [1.807, 2.05) is 83.6 Å². The highest BCUT2D eigenvalue weighted by Crippen LogP contribution is 2.21. The number of nitrogens with zero attached hydrogens (tertiary/aromatic N) is 3. The topological polar surface area (TPSA) is 202 Å². The summed E-state index contributed by atoms with van der Waals surface area (Å²) in [6, 6.07) is 0. The number of hydrogen-bond acceptors (Lipinski definition) is 11. The minimum atomic E-state index is -1.02. The molecule has 1 unspecified atom stereocenters. The van der Waals surface area contributed by atoms with E-state index in [2.05, 4.69) is 19.4 Å². The van der Waals surface area contributed by atoms with Gasteiger partial charge in [-0.2, -0.15) is 0 Å². The first-order valence-corrected chi connectivity index (χ1v) is 20.7. The van der Waals surface area contributed by atoms with Gasteiger partial charge < -0.3 is 57.9 Å². The van der Waals surface area contributed by atoms with Crippen molar-refractivity contribution in [1.29, 1.82) is 0 Å². The number of nitrogens with one attached hydrogen (secondary N) is 1. The highest BCUT2D eigenvalue weighted by atomic mass is 16.5. The van der Waals surface area contributed by atoms with Gasteiger partial charge in [0.25, 0.3) is 0 Å². The number of quaternary nitrogens is 3. The molecule has 0 saturated heterocycles. The average molecular weight is 819 g/mol. The molecule has 0 aliphatic heterocycles. The monoisotopic (exact) mass is 819 g/mol. The van der Waals surface area contributed by atoms with Gasteiger partial charge in [-0.15, -0.1) is 0 Å². The lowest BCUT2D eigenvalue weighted by Crippen LogP contribution is -2.44. The number of hydrogen-bond donors (Lipinski definition) is 1. The first kappa shape index (κ1) is 58.0. The Hall–Kier alpha value is -3.30. The fourth-order valence-corrected chi connectivity index (χ4v) is 4.83. The van der Waals surface area contributed by atoms with Crippen LogP contribution in [0.2, 0.25) is 0 Å². The normalized spacial score (nSPS) is 12.5. The van der Waals surface area contributed by atoms with Gasteiger partial charge in [0, 0.05) is 55.6 Å². The fraction of sp³-hybridized carbons (Fsp3) is 0.857. The molecule has 57 heavy (non-hydrogen) atoms. The number of ether oxygens (including phenoxy) is 2. The second-order valence-corrected chi connectivity index (χ2v) is 18.3. The number of carboxylic acids is 3. The van der Waals surface area contributed by atoms with Crippen LogP contribution in [0.25, 0.3) is 0 Å². The second-order valence-electron chi connectivity index (χ2n) is 18.3. The van der Waals surface area contributed by atoms with Gasteiger partial charge in [0.1, 0.15) is 26.3 Å². The van der Waals surface area contributed by atoms with Crippen LogP contribution in [0, 0.1) is 16.7 Å². The molecule has 0 aromatic rings. The van der Waals surface area contributed by atoms with Crippen LogP contribution < -0.4 is 20.6 Å². The fourth-order valence-electron chi connectivity index (χ4n) is 4.83. The third-order valence-corrected chi connectivity index (χ3v) is 10.5. The van der Waals surface area contributed by atoms with Crippen LogP contribution in [0.5, 0.6) is 0 Å². The predicted molar refractivity (Wildman–Crippen MR) is 215 cm³/mol. The number of rotatable bonds is 28. The Labute approximate surface area is 345 Å². The van der Waals surface area contributed by atoms with Gasteiger partial charge in [-0.05, 0) is 52.4 Å². The van der Waals surface area contributed by atoms with E-state index in [-0.39, 0.29) is 48.4 Å². The maximum Gasteiger partial charge on any atom is 0.311 e. The van der Waals surface area contributed by atoms with E-state index >= 15 is 0 Å². The predicted octanol–water partition coefficient (Wildman–Crippen LogP) is 1.29. The van der Waals surface area contributed by atoms with Crippen molar-refractivity contribution < 1.29 is 67.0 Å². The third kappa shape index (κ3) is 33.4. The van der Waals surface area contributed by atoms with Crippen LogP contribution in [0.15, 0.2) is 0 Å². The number of carbonyl (C=O) groups excluding carboxylic acids is 6. The molecule has 0 bridgehead atoms. The molecule has 0 aliphatic rings. The molecule has 0 aromatic carbocycles. The van der Waals surface area contributed by atoms with Crippen molar-refractivity contribution >= 4 is 35.8 Å². The van der Waals surface area contributed by atoms with Crippen LogP contribution in [0.3, 0.4) is 0 Å². The van der Waals surface area contributed by atoms with Crippen molar-refractivity contribution in [3.8, 4) is 0 Å². The minimum Gasteiger partial charge on any atom is -0.550 e. The molecule has 0 heterocycles. The van der Waals surface area contributed by atoms with Gasteiger partial charge in [0.15, 0.2) is 0 Å². The van der Waals surface area contributed by atoms with Crippen LogP contribution in [0.4, 0.5) is 0 Å². The zero-order chi connectivity index (χ0) is 45.1. The van der Waals surface area contributed by atoms with Crippen LogP contribution in [-0.2, 0) is 38.2 Å². The lowest BCUT2D eigenvalue weighted by atomic mass is 9.89. The van der Waals surface area contributed by atoms with Crippen molar-refractivity contribution in [3.05, 3.63) is 0 Å². The number of carboxylic acid groups (broad SMARTS) is 3. The summed E-state index contributed by atoms with van der Waals surface area (Å²) in [7, 11) is 12.1. The number of amides is 1. The molecule has 0 fully saturated rings. The number of aliphatic carboxylic acids is 3. The molecule has 1 N–H and O–H groups in total. The molecule has 0 aliphatic carbocycles. The van der Waals surface area contributed by atoms with Gasteiger partial charge in [-0.1, -0.05) is 41.5 Å². The van der Waals surface area contributed by atoms with Gasteiger partial charge in [-0.25, -0.2) is 0 Å². The van der Waals surface area contributed by atoms with Crippen molar-refractivity contribution in [1.82, 2.24) is 5.32 Å². The summed E-state index contributed by atoms with van der Waals surface area (Å²) in [5.41, 5.74) is -0.745. The maximum atomic E-state index is 11.9. The number of carbonyl (C=O) groups is 6. The highest BCUT2D eigenvalue weighted by Gasteiger charge is 2.28. The Bertz CT molecular complexity index is 1200. The third-order valence-electron chi connectivity index (χ3n) is 10.5. The van der Waals surface area contributed by atoms with Crippen molar-refractivity contribution in [2.24, 2.45) is 16.7 Å². The van der Waals surface area contributed by atoms with E-state index in [1.165, 1.54) is 0 Å². The summed E-state index contributed by atoms with van der Waals surface area (Å²) < 4.78 is 12.5. The Morgan fingerprint density at radius 2 is 0.912 bits per heavy atom. The summed E-state index contributed by atoms with van der Waals surface area (Å²) in [6.45, 7) is 21.4. The second kappa shape index (κ2) is 29.0. The van der Waals surface area contributed by atoms with Crippen molar-refractivity contribution in [2.45, 2.75) is 120 Å². The van der Waals surface area contributed by atoms with Gasteiger partial charge in [0.2, 0.25) is 5.91 Å². The number of likely N-dealkylation sites (N-methyl/N-ethyl adjacent to an activating group) is 2. The van der Waals surface area contributed by atoms with Gasteiger partial charge in [-0.3, -0.25) is 14.4 Å². The molecule has 0 saturated carbocycles. The summed E-state index contributed by atoms with van der Waals surface area (Å²) in [5, 5.41) is 34.0. The lowest BCUT2D eigenvalue weighted by Gasteiger charge is -2.30. The summed E-state index contributed by atoms with van der Waals surface area (Å²) in [5.74, 6) is -3.31. The Kier molecular flexibility index (Phi) is 29.5. The van der Waals surface area contributed by atoms with Gasteiger partial charge >= 0.3 is 11.9 Å². The Balaban J connectivity index is -0.000000768. The molecular weight excluding hydrogens is 736 g/mol. The molecule has 15 nitrogen and oxygen atoms in total. The van der Waals surface area contributed by atoms with E-state index in [0.29, 0.717) is 61.1 Å². The molecule has 336 valence electrons. The largest absolute Gasteiger partial charge is 0.550 e. The van der Waals surface area contributed by atoms with Crippen LogP contribution >= 0.6 is 0 Å². The smallest absolute Gasteiger partial charge is 0.311 e. The quantitative estimate of drug-likeness (QED) is 0.0678.